The summed E-state index contributed by atoms with van der Waals surface area (Å²) in [5.74, 6) is 1.63. The first kappa shape index (κ1) is 19.0. The molecule has 0 fully saturated rings. The fourth-order valence-corrected chi connectivity index (χ4v) is 2.44. The molecular formula is C20H29N3O2. The van der Waals surface area contributed by atoms with E-state index in [1.54, 1.807) is 0 Å². The molecule has 0 radical (unpaired) electrons. The summed E-state index contributed by atoms with van der Waals surface area (Å²) in [6, 6.07) is 7.59. The van der Waals surface area contributed by atoms with Gasteiger partial charge in [0, 0.05) is 43.7 Å². The first-order valence-corrected chi connectivity index (χ1v) is 8.71. The van der Waals surface area contributed by atoms with E-state index in [1.165, 1.54) is 0 Å². The average Bonchev–Trinajstić information content (AvgIpc) is 2.92. The van der Waals surface area contributed by atoms with Crippen molar-refractivity contribution in [2.45, 2.75) is 46.0 Å². The van der Waals surface area contributed by atoms with Gasteiger partial charge >= 0.3 is 0 Å². The van der Waals surface area contributed by atoms with Crippen molar-refractivity contribution in [2.24, 2.45) is 0 Å². The van der Waals surface area contributed by atoms with Gasteiger partial charge in [0.2, 0.25) is 0 Å². The van der Waals surface area contributed by atoms with Crippen molar-refractivity contribution in [1.82, 2.24) is 10.3 Å². The van der Waals surface area contributed by atoms with Crippen LogP contribution in [0.4, 0.5) is 5.69 Å². The Hall–Kier alpha value is -2.30. The highest BCUT2D eigenvalue weighted by atomic mass is 16.4. The van der Waals surface area contributed by atoms with Gasteiger partial charge in [-0.25, -0.2) is 4.98 Å². The summed E-state index contributed by atoms with van der Waals surface area (Å²) in [5.41, 5.74) is 2.61. The molecule has 0 saturated heterocycles. The number of benzene rings is 1. The van der Waals surface area contributed by atoms with Crippen LogP contribution in [0.1, 0.15) is 54.9 Å². The molecule has 1 aromatic carbocycles. The Labute approximate surface area is 150 Å². The summed E-state index contributed by atoms with van der Waals surface area (Å²) in [6.45, 7) is 8.84. The van der Waals surface area contributed by atoms with E-state index in [2.05, 4.69) is 31.1 Å². The van der Waals surface area contributed by atoms with Crippen LogP contribution in [0.2, 0.25) is 0 Å². The zero-order valence-corrected chi connectivity index (χ0v) is 16.1. The maximum absolute atomic E-state index is 12.2. The van der Waals surface area contributed by atoms with Gasteiger partial charge in [0.15, 0.2) is 5.89 Å². The van der Waals surface area contributed by atoms with E-state index in [4.69, 9.17) is 4.42 Å². The standard InChI is InChI=1S/C20H29N3O2/c1-14-17(25-19(22-14)20(2,3)4)8-7-13-21-18(24)15-9-11-16(12-10-15)23(5)6/h9-12H,7-8,13H2,1-6H3,(H,21,24). The van der Waals surface area contributed by atoms with Gasteiger partial charge in [-0.1, -0.05) is 20.8 Å². The number of carbonyl (C=O) groups excluding carboxylic acids is 1. The predicted molar refractivity (Wildman–Crippen MR) is 101 cm³/mol. The molecule has 136 valence electrons. The number of oxazole rings is 1. The first-order chi connectivity index (χ1) is 11.7. The van der Waals surface area contributed by atoms with Gasteiger partial charge < -0.3 is 14.6 Å². The molecule has 0 spiro atoms. The van der Waals surface area contributed by atoms with Crippen molar-refractivity contribution in [3.63, 3.8) is 0 Å². The van der Waals surface area contributed by atoms with Crippen molar-refractivity contribution < 1.29 is 9.21 Å². The molecule has 0 bridgehead atoms. The number of rotatable bonds is 6. The fraction of sp³-hybridized carbons (Fsp3) is 0.500. The van der Waals surface area contributed by atoms with Gasteiger partial charge in [0.1, 0.15) is 5.76 Å². The number of hydrogen-bond donors (Lipinski definition) is 1. The number of anilines is 1. The predicted octanol–water partition coefficient (Wildman–Crippen LogP) is 3.71. The highest BCUT2D eigenvalue weighted by molar-refractivity contribution is 5.94. The van der Waals surface area contributed by atoms with Gasteiger partial charge in [-0.2, -0.15) is 0 Å². The van der Waals surface area contributed by atoms with Crippen molar-refractivity contribution in [3.8, 4) is 0 Å². The number of carbonyl (C=O) groups is 1. The summed E-state index contributed by atoms with van der Waals surface area (Å²) in [7, 11) is 3.96. The van der Waals surface area contributed by atoms with E-state index < -0.39 is 0 Å². The molecule has 0 aliphatic carbocycles. The Kier molecular flexibility index (Phi) is 5.88. The van der Waals surface area contributed by atoms with E-state index in [-0.39, 0.29) is 11.3 Å². The minimum atomic E-state index is -0.0874. The first-order valence-electron chi connectivity index (χ1n) is 8.71. The van der Waals surface area contributed by atoms with E-state index >= 15 is 0 Å². The maximum atomic E-state index is 12.2. The van der Waals surface area contributed by atoms with Gasteiger partial charge in [0.25, 0.3) is 5.91 Å². The monoisotopic (exact) mass is 343 g/mol. The average molecular weight is 343 g/mol. The molecule has 0 saturated carbocycles. The molecule has 1 amide bonds. The van der Waals surface area contributed by atoms with Crippen LogP contribution < -0.4 is 10.2 Å². The summed E-state index contributed by atoms with van der Waals surface area (Å²) >= 11 is 0. The maximum Gasteiger partial charge on any atom is 0.251 e. The topological polar surface area (TPSA) is 58.4 Å². The van der Waals surface area contributed by atoms with Crippen molar-refractivity contribution in [2.75, 3.05) is 25.5 Å². The number of aromatic nitrogens is 1. The van der Waals surface area contributed by atoms with Gasteiger partial charge in [-0.15, -0.1) is 0 Å². The highest BCUT2D eigenvalue weighted by Gasteiger charge is 2.22. The lowest BCUT2D eigenvalue weighted by Crippen LogP contribution is -2.24. The van der Waals surface area contributed by atoms with Crippen LogP contribution in [0.3, 0.4) is 0 Å². The summed E-state index contributed by atoms with van der Waals surface area (Å²) in [5, 5.41) is 2.96. The summed E-state index contributed by atoms with van der Waals surface area (Å²) in [4.78, 5) is 18.7. The second-order valence-electron chi connectivity index (χ2n) is 7.58. The highest BCUT2D eigenvalue weighted by Crippen LogP contribution is 2.24. The molecule has 0 aliphatic rings. The fourth-order valence-electron chi connectivity index (χ4n) is 2.44. The Morgan fingerprint density at radius 3 is 2.36 bits per heavy atom. The zero-order valence-electron chi connectivity index (χ0n) is 16.1. The SMILES string of the molecule is Cc1nc(C(C)(C)C)oc1CCCNC(=O)c1ccc(N(C)C)cc1. The minimum absolute atomic E-state index is 0.0463. The molecule has 5 heteroatoms. The Balaban J connectivity index is 1.83. The Morgan fingerprint density at radius 2 is 1.84 bits per heavy atom. The Morgan fingerprint density at radius 1 is 1.20 bits per heavy atom. The lowest BCUT2D eigenvalue weighted by Gasteiger charge is -2.12. The molecule has 25 heavy (non-hydrogen) atoms. The van der Waals surface area contributed by atoms with Crippen LogP contribution in [-0.2, 0) is 11.8 Å². The van der Waals surface area contributed by atoms with Crippen LogP contribution >= 0.6 is 0 Å². The quantitative estimate of drug-likeness (QED) is 0.812. The molecule has 0 atom stereocenters. The molecule has 1 aromatic heterocycles. The van der Waals surface area contributed by atoms with Gasteiger partial charge in [-0.05, 0) is 37.6 Å². The van der Waals surface area contributed by atoms with Crippen LogP contribution in [0.5, 0.6) is 0 Å². The molecular weight excluding hydrogens is 314 g/mol. The summed E-state index contributed by atoms with van der Waals surface area (Å²) < 4.78 is 5.88. The van der Waals surface area contributed by atoms with Gasteiger partial charge in [-0.3, -0.25) is 4.79 Å². The van der Waals surface area contributed by atoms with Crippen LogP contribution in [0.25, 0.3) is 0 Å². The minimum Gasteiger partial charge on any atom is -0.445 e. The molecule has 0 unspecified atom stereocenters. The molecule has 2 aromatic rings. The van der Waals surface area contributed by atoms with E-state index in [0.29, 0.717) is 12.1 Å². The molecule has 2 rings (SSSR count). The van der Waals surface area contributed by atoms with Gasteiger partial charge in [0.05, 0.1) is 5.69 Å². The van der Waals surface area contributed by atoms with E-state index in [0.717, 1.165) is 35.9 Å². The normalized spacial score (nSPS) is 11.4. The number of nitrogens with one attached hydrogen (secondary N) is 1. The van der Waals surface area contributed by atoms with Crippen LogP contribution in [0, 0.1) is 6.92 Å². The van der Waals surface area contributed by atoms with Crippen LogP contribution in [0.15, 0.2) is 28.7 Å². The van der Waals surface area contributed by atoms with Crippen molar-refractivity contribution in [3.05, 3.63) is 47.2 Å². The second kappa shape index (κ2) is 7.72. The molecule has 1 N–H and O–H groups in total. The third kappa shape index (κ3) is 5.08. The Bertz CT molecular complexity index is 710. The van der Waals surface area contributed by atoms with E-state index in [9.17, 15) is 4.79 Å². The second-order valence-corrected chi connectivity index (χ2v) is 7.58. The largest absolute Gasteiger partial charge is 0.445 e. The van der Waals surface area contributed by atoms with E-state index in [1.807, 2.05) is 50.2 Å². The third-order valence-electron chi connectivity index (χ3n) is 4.05. The number of aryl methyl sites for hydroxylation is 2. The molecule has 5 nitrogen and oxygen atoms in total. The third-order valence-corrected chi connectivity index (χ3v) is 4.05. The number of nitrogens with zero attached hydrogens (tertiary/aromatic N) is 2. The van der Waals surface area contributed by atoms with Crippen molar-refractivity contribution in [1.29, 1.82) is 0 Å². The molecule has 0 aliphatic heterocycles. The van der Waals surface area contributed by atoms with Crippen molar-refractivity contribution >= 4 is 11.6 Å². The summed E-state index contributed by atoms with van der Waals surface area (Å²) in [6.07, 6.45) is 1.59. The van der Waals surface area contributed by atoms with Crippen LogP contribution in [-0.4, -0.2) is 31.5 Å². The number of hydrogen-bond acceptors (Lipinski definition) is 4. The number of amides is 1. The smallest absolute Gasteiger partial charge is 0.251 e. The molecule has 1 heterocycles. The lowest BCUT2D eigenvalue weighted by molar-refractivity contribution is 0.0953. The zero-order chi connectivity index (χ0) is 18.6. The lowest BCUT2D eigenvalue weighted by atomic mass is 9.97.